The molecule has 0 amide bonds. The molecule has 0 aliphatic carbocycles. The van der Waals surface area contributed by atoms with Gasteiger partial charge in [-0.15, -0.1) is 0 Å². The van der Waals surface area contributed by atoms with Crippen LogP contribution in [0.15, 0.2) is 12.4 Å². The molecule has 0 spiro atoms. The van der Waals surface area contributed by atoms with Crippen LogP contribution in [0, 0.1) is 0 Å². The quantitative estimate of drug-likeness (QED) is 0.803. The Hall–Kier alpha value is -1.25. The van der Waals surface area contributed by atoms with E-state index in [1.54, 1.807) is 4.31 Å². The second-order valence-corrected chi connectivity index (χ2v) is 7.82. The molecule has 8 heteroatoms. The Morgan fingerprint density at radius 1 is 1.09 bits per heavy atom. The number of morpholine rings is 1. The van der Waals surface area contributed by atoms with Crippen molar-refractivity contribution in [3.8, 4) is 0 Å². The van der Waals surface area contributed by atoms with Gasteiger partial charge in [-0.2, -0.15) is 0 Å². The lowest BCUT2D eigenvalue weighted by Gasteiger charge is -2.30. The number of anilines is 1. The zero-order valence-electron chi connectivity index (χ0n) is 12.8. The fourth-order valence-corrected chi connectivity index (χ4v) is 3.86. The molecule has 2 aliphatic heterocycles. The van der Waals surface area contributed by atoms with Crippen LogP contribution in [0.25, 0.3) is 0 Å². The van der Waals surface area contributed by atoms with Gasteiger partial charge < -0.3 is 9.64 Å². The molecule has 1 aromatic rings. The fraction of sp³-hybridized carbons (Fsp3) is 0.714. The molecule has 2 aliphatic rings. The normalized spacial score (nSPS) is 22.0. The molecule has 0 radical (unpaired) electrons. The first kappa shape index (κ1) is 15.6. The van der Waals surface area contributed by atoms with Gasteiger partial charge in [-0.05, 0) is 12.8 Å². The molecule has 22 heavy (non-hydrogen) atoms. The van der Waals surface area contributed by atoms with Crippen LogP contribution in [0.3, 0.4) is 0 Å². The monoisotopic (exact) mass is 326 g/mol. The van der Waals surface area contributed by atoms with Crippen LogP contribution < -0.4 is 4.90 Å². The van der Waals surface area contributed by atoms with Crippen LogP contribution in [0.1, 0.15) is 24.5 Å². The minimum absolute atomic E-state index is 0.296. The van der Waals surface area contributed by atoms with E-state index in [0.717, 1.165) is 50.7 Å². The number of rotatable bonds is 3. The van der Waals surface area contributed by atoms with Crippen molar-refractivity contribution in [2.45, 2.75) is 18.8 Å². The Balaban J connectivity index is 1.62. The molecule has 0 unspecified atom stereocenters. The van der Waals surface area contributed by atoms with Crippen molar-refractivity contribution < 1.29 is 13.2 Å². The summed E-state index contributed by atoms with van der Waals surface area (Å²) >= 11 is 0. The van der Waals surface area contributed by atoms with Crippen molar-refractivity contribution in [2.75, 3.05) is 50.5 Å². The molecule has 122 valence electrons. The first-order chi connectivity index (χ1) is 10.5. The predicted molar refractivity (Wildman–Crippen MR) is 83.5 cm³/mol. The van der Waals surface area contributed by atoms with E-state index < -0.39 is 10.0 Å². The van der Waals surface area contributed by atoms with Gasteiger partial charge in [0, 0.05) is 32.1 Å². The first-order valence-corrected chi connectivity index (χ1v) is 9.48. The molecule has 0 bridgehead atoms. The van der Waals surface area contributed by atoms with E-state index in [-0.39, 0.29) is 0 Å². The van der Waals surface area contributed by atoms with Crippen molar-refractivity contribution in [1.82, 2.24) is 14.3 Å². The highest BCUT2D eigenvalue weighted by atomic mass is 32.2. The van der Waals surface area contributed by atoms with Crippen LogP contribution in [0.2, 0.25) is 0 Å². The summed E-state index contributed by atoms with van der Waals surface area (Å²) < 4.78 is 29.9. The minimum Gasteiger partial charge on any atom is -0.378 e. The number of piperidine rings is 1. The summed E-state index contributed by atoms with van der Waals surface area (Å²) in [6.07, 6.45) is 6.54. The Morgan fingerprint density at radius 2 is 1.77 bits per heavy atom. The Kier molecular flexibility index (Phi) is 4.60. The molecule has 0 saturated carbocycles. The second-order valence-electron chi connectivity index (χ2n) is 5.84. The smallest absolute Gasteiger partial charge is 0.211 e. The molecule has 3 heterocycles. The van der Waals surface area contributed by atoms with E-state index in [9.17, 15) is 8.42 Å². The summed E-state index contributed by atoms with van der Waals surface area (Å²) in [6, 6.07) is 0. The van der Waals surface area contributed by atoms with E-state index in [1.807, 2.05) is 12.4 Å². The van der Waals surface area contributed by atoms with Crippen LogP contribution in [0.4, 0.5) is 5.82 Å². The van der Waals surface area contributed by atoms with Crippen molar-refractivity contribution >= 4 is 15.8 Å². The number of hydrogen-bond acceptors (Lipinski definition) is 6. The number of aromatic nitrogens is 2. The van der Waals surface area contributed by atoms with Crippen LogP contribution in [0.5, 0.6) is 0 Å². The highest BCUT2D eigenvalue weighted by Crippen LogP contribution is 2.27. The molecule has 3 rings (SSSR count). The van der Waals surface area contributed by atoms with Crippen molar-refractivity contribution in [2.24, 2.45) is 0 Å². The lowest BCUT2D eigenvalue weighted by molar-refractivity contribution is 0.122. The summed E-state index contributed by atoms with van der Waals surface area (Å²) in [6.45, 7) is 4.29. The molecule has 7 nitrogen and oxygen atoms in total. The standard InChI is InChI=1S/C14H22N4O3S/c1-22(19,20)18-4-2-12(3-5-18)13-10-16-14(11-15-13)17-6-8-21-9-7-17/h10-12H,2-9H2,1H3. The molecule has 0 aromatic carbocycles. The van der Waals surface area contributed by atoms with Gasteiger partial charge in [0.25, 0.3) is 0 Å². The average molecular weight is 326 g/mol. The summed E-state index contributed by atoms with van der Waals surface area (Å²) in [5, 5.41) is 0. The number of sulfonamides is 1. The third kappa shape index (κ3) is 3.56. The first-order valence-electron chi connectivity index (χ1n) is 7.64. The maximum atomic E-state index is 11.5. The van der Waals surface area contributed by atoms with Gasteiger partial charge >= 0.3 is 0 Å². The largest absolute Gasteiger partial charge is 0.378 e. The number of nitrogens with zero attached hydrogens (tertiary/aromatic N) is 4. The fourth-order valence-electron chi connectivity index (χ4n) is 2.98. The van der Waals surface area contributed by atoms with Crippen LogP contribution in [-0.2, 0) is 14.8 Å². The Morgan fingerprint density at radius 3 is 2.32 bits per heavy atom. The third-order valence-corrected chi connectivity index (χ3v) is 5.64. The second kappa shape index (κ2) is 6.47. The Labute approximate surface area is 131 Å². The van der Waals surface area contributed by atoms with E-state index in [1.165, 1.54) is 6.26 Å². The zero-order chi connectivity index (χ0) is 15.6. The van der Waals surface area contributed by atoms with Gasteiger partial charge in [0.15, 0.2) is 0 Å². The highest BCUT2D eigenvalue weighted by molar-refractivity contribution is 7.88. The zero-order valence-corrected chi connectivity index (χ0v) is 13.6. The molecule has 0 atom stereocenters. The lowest BCUT2D eigenvalue weighted by atomic mass is 9.95. The third-order valence-electron chi connectivity index (χ3n) is 4.33. The van der Waals surface area contributed by atoms with Gasteiger partial charge in [0.05, 0.1) is 37.6 Å². The topological polar surface area (TPSA) is 75.6 Å². The van der Waals surface area contributed by atoms with Crippen molar-refractivity contribution in [1.29, 1.82) is 0 Å². The summed E-state index contributed by atoms with van der Waals surface area (Å²) in [5.74, 6) is 1.19. The number of hydrogen-bond donors (Lipinski definition) is 0. The van der Waals surface area contributed by atoms with E-state index in [0.29, 0.717) is 19.0 Å². The maximum Gasteiger partial charge on any atom is 0.211 e. The molecule has 1 aromatic heterocycles. The molecular weight excluding hydrogens is 304 g/mol. The molecule has 2 saturated heterocycles. The summed E-state index contributed by atoms with van der Waals surface area (Å²) in [4.78, 5) is 11.2. The van der Waals surface area contributed by atoms with Gasteiger partial charge in [-0.3, -0.25) is 4.98 Å². The Bertz CT molecular complexity index is 591. The molecule has 2 fully saturated rings. The van der Waals surface area contributed by atoms with Gasteiger partial charge in [-0.1, -0.05) is 0 Å². The minimum atomic E-state index is -3.07. The van der Waals surface area contributed by atoms with Crippen LogP contribution >= 0.6 is 0 Å². The average Bonchev–Trinajstić information content (AvgIpc) is 2.55. The lowest BCUT2D eigenvalue weighted by Crippen LogP contribution is -2.37. The molecular formula is C14H22N4O3S. The van der Waals surface area contributed by atoms with Crippen LogP contribution in [-0.4, -0.2) is 68.3 Å². The maximum absolute atomic E-state index is 11.5. The van der Waals surface area contributed by atoms with E-state index in [4.69, 9.17) is 4.74 Å². The summed E-state index contributed by atoms with van der Waals surface area (Å²) in [5.41, 5.74) is 0.963. The number of ether oxygens (including phenoxy) is 1. The van der Waals surface area contributed by atoms with E-state index in [2.05, 4.69) is 14.9 Å². The van der Waals surface area contributed by atoms with E-state index >= 15 is 0 Å². The highest BCUT2D eigenvalue weighted by Gasteiger charge is 2.26. The van der Waals surface area contributed by atoms with Crippen molar-refractivity contribution in [3.05, 3.63) is 18.1 Å². The SMILES string of the molecule is CS(=O)(=O)N1CCC(c2cnc(N3CCOCC3)cn2)CC1. The predicted octanol–water partition coefficient (Wildman–Crippen LogP) is 0.452. The van der Waals surface area contributed by atoms with Gasteiger partial charge in [0.1, 0.15) is 5.82 Å². The summed E-state index contributed by atoms with van der Waals surface area (Å²) in [7, 11) is -3.07. The van der Waals surface area contributed by atoms with Gasteiger partial charge in [-0.25, -0.2) is 17.7 Å². The molecule has 0 N–H and O–H groups in total. The van der Waals surface area contributed by atoms with Gasteiger partial charge in [0.2, 0.25) is 10.0 Å². The van der Waals surface area contributed by atoms with Crippen molar-refractivity contribution in [3.63, 3.8) is 0 Å².